The Morgan fingerprint density at radius 3 is 2.52 bits per heavy atom. The van der Waals surface area contributed by atoms with Gasteiger partial charge in [0, 0.05) is 17.7 Å². The number of nitro benzene ring substituents is 1. The summed E-state index contributed by atoms with van der Waals surface area (Å²) < 4.78 is 33.7. The van der Waals surface area contributed by atoms with Crippen molar-refractivity contribution in [3.05, 3.63) is 64.3 Å². The Hall–Kier alpha value is -4.02. The number of halogens is 2. The predicted octanol–water partition coefficient (Wildman–Crippen LogP) is 3.85. The van der Waals surface area contributed by atoms with Crippen LogP contribution >= 0.6 is 0 Å². The summed E-state index contributed by atoms with van der Waals surface area (Å²) in [6.07, 6.45) is 0. The molecule has 0 aliphatic carbocycles. The molecule has 1 amide bonds. The number of benzene rings is 2. The van der Waals surface area contributed by atoms with Gasteiger partial charge in [0.05, 0.1) is 29.5 Å². The molecule has 0 spiro atoms. The third-order valence-electron chi connectivity index (χ3n) is 3.79. The number of amides is 1. The Balaban J connectivity index is 1.76. The molecule has 150 valence electrons. The van der Waals surface area contributed by atoms with Gasteiger partial charge in [0.25, 0.3) is 11.6 Å². The maximum atomic E-state index is 12.4. The van der Waals surface area contributed by atoms with E-state index in [2.05, 4.69) is 20.3 Å². The number of aromatic nitrogens is 2. The molecule has 0 saturated heterocycles. The van der Waals surface area contributed by atoms with Crippen LogP contribution in [0.25, 0.3) is 11.3 Å². The van der Waals surface area contributed by atoms with E-state index >= 15 is 0 Å². The zero-order valence-corrected chi connectivity index (χ0v) is 14.9. The number of carbonyl (C=O) groups is 1. The normalized spacial score (nSPS) is 10.6. The van der Waals surface area contributed by atoms with E-state index in [9.17, 15) is 23.7 Å². The number of ether oxygens (including phenoxy) is 2. The number of methoxy groups -OCH3 is 1. The first kappa shape index (κ1) is 19.7. The highest BCUT2D eigenvalue weighted by atomic mass is 19.3. The topological polar surface area (TPSA) is 119 Å². The first-order valence-corrected chi connectivity index (χ1v) is 8.11. The van der Waals surface area contributed by atoms with E-state index in [0.717, 1.165) is 0 Å². The van der Waals surface area contributed by atoms with Crippen molar-refractivity contribution < 1.29 is 28.0 Å². The van der Waals surface area contributed by atoms with Crippen LogP contribution in [-0.4, -0.2) is 34.7 Å². The van der Waals surface area contributed by atoms with E-state index in [1.807, 2.05) is 0 Å². The van der Waals surface area contributed by atoms with E-state index in [1.54, 1.807) is 0 Å². The van der Waals surface area contributed by atoms with Crippen LogP contribution in [0.1, 0.15) is 10.5 Å². The molecular weight excluding hydrogens is 390 g/mol. The van der Waals surface area contributed by atoms with Gasteiger partial charge in [-0.15, -0.1) is 0 Å². The van der Waals surface area contributed by atoms with Gasteiger partial charge in [-0.2, -0.15) is 13.9 Å². The predicted molar refractivity (Wildman–Crippen MR) is 98.3 cm³/mol. The van der Waals surface area contributed by atoms with Gasteiger partial charge in [-0.3, -0.25) is 20.0 Å². The maximum Gasteiger partial charge on any atom is 0.387 e. The lowest BCUT2D eigenvalue weighted by Gasteiger charge is -2.06. The van der Waals surface area contributed by atoms with Crippen molar-refractivity contribution in [1.82, 2.24) is 10.2 Å². The zero-order chi connectivity index (χ0) is 21.0. The quantitative estimate of drug-likeness (QED) is 0.456. The van der Waals surface area contributed by atoms with Crippen molar-refractivity contribution in [2.75, 3.05) is 12.4 Å². The Kier molecular flexibility index (Phi) is 5.67. The van der Waals surface area contributed by atoms with Crippen molar-refractivity contribution >= 4 is 17.3 Å². The minimum atomic E-state index is -2.92. The van der Waals surface area contributed by atoms with Crippen LogP contribution in [0.3, 0.4) is 0 Å². The van der Waals surface area contributed by atoms with Gasteiger partial charge in [-0.05, 0) is 30.3 Å². The number of nitro groups is 1. The second-order valence-electron chi connectivity index (χ2n) is 5.70. The van der Waals surface area contributed by atoms with E-state index in [1.165, 1.54) is 55.6 Å². The summed E-state index contributed by atoms with van der Waals surface area (Å²) in [5.74, 6) is -0.369. The minimum absolute atomic E-state index is 0.00290. The van der Waals surface area contributed by atoms with E-state index in [4.69, 9.17) is 4.74 Å². The Morgan fingerprint density at radius 1 is 1.17 bits per heavy atom. The molecule has 9 nitrogen and oxygen atoms in total. The molecular formula is C18H14F2N4O5. The van der Waals surface area contributed by atoms with E-state index in [-0.39, 0.29) is 28.6 Å². The summed E-state index contributed by atoms with van der Waals surface area (Å²) in [7, 11) is 1.35. The van der Waals surface area contributed by atoms with Crippen LogP contribution in [-0.2, 0) is 0 Å². The molecule has 2 N–H and O–H groups in total. The molecule has 0 atom stereocenters. The lowest BCUT2D eigenvalue weighted by atomic mass is 10.1. The number of alkyl halides is 2. The Bertz CT molecular complexity index is 1040. The van der Waals surface area contributed by atoms with Gasteiger partial charge in [0.2, 0.25) is 0 Å². The number of nitrogens with zero attached hydrogens (tertiary/aromatic N) is 2. The highest BCUT2D eigenvalue weighted by Crippen LogP contribution is 2.27. The standard InChI is InChI=1S/C18H14F2N4O5/c1-28-14-7-11(6-12(8-14)24(26)27)21-17(25)16-9-15(22-23-16)10-2-4-13(5-3-10)29-18(19)20/h2-9,18H,1H3,(H,21,25)(H,22,23). The lowest BCUT2D eigenvalue weighted by molar-refractivity contribution is -0.384. The van der Waals surface area contributed by atoms with Crippen molar-refractivity contribution in [2.45, 2.75) is 6.61 Å². The van der Waals surface area contributed by atoms with Crippen molar-refractivity contribution in [3.63, 3.8) is 0 Å². The van der Waals surface area contributed by atoms with Crippen LogP contribution in [0.5, 0.6) is 11.5 Å². The average molecular weight is 404 g/mol. The molecule has 1 aromatic heterocycles. The van der Waals surface area contributed by atoms with E-state index < -0.39 is 17.4 Å². The van der Waals surface area contributed by atoms with Crippen LogP contribution < -0.4 is 14.8 Å². The number of carbonyl (C=O) groups excluding carboxylic acids is 1. The molecule has 0 aliphatic rings. The largest absolute Gasteiger partial charge is 0.496 e. The molecule has 11 heteroatoms. The number of hydrogen-bond donors (Lipinski definition) is 2. The van der Waals surface area contributed by atoms with Crippen molar-refractivity contribution in [3.8, 4) is 22.8 Å². The molecule has 2 aromatic carbocycles. The van der Waals surface area contributed by atoms with Crippen molar-refractivity contribution in [2.24, 2.45) is 0 Å². The molecule has 0 fully saturated rings. The molecule has 29 heavy (non-hydrogen) atoms. The molecule has 0 aliphatic heterocycles. The fourth-order valence-electron chi connectivity index (χ4n) is 2.47. The summed E-state index contributed by atoms with van der Waals surface area (Å²) in [5.41, 5.74) is 0.995. The molecule has 1 heterocycles. The monoisotopic (exact) mass is 404 g/mol. The highest BCUT2D eigenvalue weighted by molar-refractivity contribution is 6.03. The van der Waals surface area contributed by atoms with Gasteiger partial charge < -0.3 is 14.8 Å². The van der Waals surface area contributed by atoms with Gasteiger partial charge in [0.15, 0.2) is 0 Å². The van der Waals surface area contributed by atoms with Crippen LogP contribution in [0, 0.1) is 10.1 Å². The zero-order valence-electron chi connectivity index (χ0n) is 14.9. The molecule has 0 unspecified atom stereocenters. The van der Waals surface area contributed by atoms with Gasteiger partial charge >= 0.3 is 6.61 Å². The lowest BCUT2D eigenvalue weighted by Crippen LogP contribution is -2.12. The fourth-order valence-corrected chi connectivity index (χ4v) is 2.47. The average Bonchev–Trinajstić information content (AvgIpc) is 3.18. The molecule has 0 radical (unpaired) electrons. The third-order valence-corrected chi connectivity index (χ3v) is 3.79. The van der Waals surface area contributed by atoms with Gasteiger partial charge in [-0.1, -0.05) is 0 Å². The Morgan fingerprint density at radius 2 is 1.90 bits per heavy atom. The van der Waals surface area contributed by atoms with Crippen LogP contribution in [0.15, 0.2) is 48.5 Å². The summed E-state index contributed by atoms with van der Waals surface area (Å²) in [4.78, 5) is 22.8. The molecule has 0 saturated carbocycles. The van der Waals surface area contributed by atoms with Gasteiger partial charge in [-0.25, -0.2) is 0 Å². The minimum Gasteiger partial charge on any atom is -0.496 e. The third kappa shape index (κ3) is 4.83. The summed E-state index contributed by atoms with van der Waals surface area (Å²) in [5, 5.41) is 20.1. The van der Waals surface area contributed by atoms with E-state index in [0.29, 0.717) is 11.3 Å². The second kappa shape index (κ2) is 8.33. The number of H-pyrrole nitrogens is 1. The fraction of sp³-hybridized carbons (Fsp3) is 0.111. The number of nitrogens with one attached hydrogen (secondary N) is 2. The summed E-state index contributed by atoms with van der Waals surface area (Å²) in [6, 6.07) is 11.0. The van der Waals surface area contributed by atoms with Crippen molar-refractivity contribution in [1.29, 1.82) is 0 Å². The molecule has 3 aromatic rings. The Labute approximate surface area is 162 Å². The first-order chi connectivity index (χ1) is 13.9. The summed E-state index contributed by atoms with van der Waals surface area (Å²) >= 11 is 0. The van der Waals surface area contributed by atoms with Crippen LogP contribution in [0.2, 0.25) is 0 Å². The SMILES string of the molecule is COc1cc(NC(=O)c2cc(-c3ccc(OC(F)F)cc3)n[nH]2)cc([N+](=O)[O-])c1. The number of rotatable bonds is 7. The van der Waals surface area contributed by atoms with Crippen LogP contribution in [0.4, 0.5) is 20.2 Å². The van der Waals surface area contributed by atoms with Gasteiger partial charge in [0.1, 0.15) is 17.2 Å². The highest BCUT2D eigenvalue weighted by Gasteiger charge is 2.15. The number of non-ortho nitro benzene ring substituents is 1. The molecule has 3 rings (SSSR count). The number of aromatic amines is 1. The first-order valence-electron chi connectivity index (χ1n) is 8.11. The maximum absolute atomic E-state index is 12.4. The smallest absolute Gasteiger partial charge is 0.387 e. The second-order valence-corrected chi connectivity index (χ2v) is 5.70. The summed E-state index contributed by atoms with van der Waals surface area (Å²) in [6.45, 7) is -2.92. The number of hydrogen-bond acceptors (Lipinski definition) is 6. The molecule has 0 bridgehead atoms. The number of anilines is 1.